The van der Waals surface area contributed by atoms with Crippen molar-refractivity contribution in [2.24, 2.45) is 0 Å². The summed E-state index contributed by atoms with van der Waals surface area (Å²) in [6.45, 7) is 0.686. The Balaban J connectivity index is 2.84. The Morgan fingerprint density at radius 1 is 1.67 bits per heavy atom. The highest BCUT2D eigenvalue weighted by Gasteiger charge is 2.11. The first-order valence-electron chi connectivity index (χ1n) is 3.55. The molecule has 1 aromatic heterocycles. The van der Waals surface area contributed by atoms with Crippen molar-refractivity contribution >= 4 is 17.3 Å². The van der Waals surface area contributed by atoms with Gasteiger partial charge in [0.15, 0.2) is 0 Å². The van der Waals surface area contributed by atoms with Crippen molar-refractivity contribution in [2.75, 3.05) is 14.1 Å². The van der Waals surface area contributed by atoms with Crippen LogP contribution in [0.3, 0.4) is 0 Å². The number of rotatable bonds is 3. The third kappa shape index (κ3) is 2.06. The standard InChI is InChI=1S/C8H11NO2S/c1-9(2)5-6-3-4-12-7(6)8(10)11/h3-4H,5H2,1-2H3,(H,10,11). The minimum atomic E-state index is -0.832. The summed E-state index contributed by atoms with van der Waals surface area (Å²) >= 11 is 1.27. The largest absolute Gasteiger partial charge is 0.477 e. The van der Waals surface area contributed by atoms with E-state index in [0.717, 1.165) is 5.56 Å². The van der Waals surface area contributed by atoms with Crippen LogP contribution in [0.15, 0.2) is 11.4 Å². The molecule has 66 valence electrons. The molecule has 3 nitrogen and oxygen atoms in total. The van der Waals surface area contributed by atoms with Crippen molar-refractivity contribution in [3.05, 3.63) is 21.9 Å². The molecule has 0 aliphatic rings. The predicted molar refractivity (Wildman–Crippen MR) is 48.7 cm³/mol. The number of carboxylic acid groups (broad SMARTS) is 1. The second kappa shape index (κ2) is 3.69. The highest BCUT2D eigenvalue weighted by atomic mass is 32.1. The molecule has 1 N–H and O–H groups in total. The van der Waals surface area contributed by atoms with Crippen molar-refractivity contribution in [1.29, 1.82) is 0 Å². The molecule has 12 heavy (non-hydrogen) atoms. The van der Waals surface area contributed by atoms with E-state index in [0.29, 0.717) is 11.4 Å². The Hall–Kier alpha value is -0.870. The monoisotopic (exact) mass is 185 g/mol. The molecule has 0 aliphatic heterocycles. The number of aromatic carboxylic acids is 1. The van der Waals surface area contributed by atoms with Crippen LogP contribution in [0, 0.1) is 0 Å². The maximum absolute atomic E-state index is 10.7. The Morgan fingerprint density at radius 2 is 2.33 bits per heavy atom. The predicted octanol–water partition coefficient (Wildman–Crippen LogP) is 1.51. The minimum absolute atomic E-state index is 0.448. The molecule has 0 unspecified atom stereocenters. The summed E-state index contributed by atoms with van der Waals surface area (Å²) in [5.41, 5.74) is 0.887. The molecule has 0 amide bonds. The van der Waals surface area contributed by atoms with Gasteiger partial charge >= 0.3 is 5.97 Å². The normalized spacial score (nSPS) is 10.6. The van der Waals surface area contributed by atoms with Crippen LogP contribution in [0.5, 0.6) is 0 Å². The quantitative estimate of drug-likeness (QED) is 0.776. The van der Waals surface area contributed by atoms with Crippen LogP contribution < -0.4 is 0 Å². The molecule has 0 atom stereocenters. The number of carbonyl (C=O) groups is 1. The van der Waals surface area contributed by atoms with Crippen LogP contribution in [-0.2, 0) is 6.54 Å². The molecule has 0 saturated carbocycles. The van der Waals surface area contributed by atoms with Gasteiger partial charge in [0, 0.05) is 6.54 Å². The molecule has 0 radical (unpaired) electrons. The van der Waals surface area contributed by atoms with Gasteiger partial charge in [-0.15, -0.1) is 11.3 Å². The topological polar surface area (TPSA) is 40.5 Å². The van der Waals surface area contributed by atoms with Gasteiger partial charge in [-0.05, 0) is 31.1 Å². The summed E-state index contributed by atoms with van der Waals surface area (Å²) in [6.07, 6.45) is 0. The molecule has 1 rings (SSSR count). The summed E-state index contributed by atoms with van der Waals surface area (Å²) in [6, 6.07) is 1.86. The zero-order chi connectivity index (χ0) is 9.14. The minimum Gasteiger partial charge on any atom is -0.477 e. The summed E-state index contributed by atoms with van der Waals surface area (Å²) in [5.74, 6) is -0.832. The van der Waals surface area contributed by atoms with Gasteiger partial charge in [-0.25, -0.2) is 4.79 Å². The van der Waals surface area contributed by atoms with Crippen LogP contribution in [-0.4, -0.2) is 30.1 Å². The van der Waals surface area contributed by atoms with Crippen molar-refractivity contribution in [1.82, 2.24) is 4.90 Å². The molecule has 0 aliphatic carbocycles. The number of thiophene rings is 1. The molecular formula is C8H11NO2S. The fourth-order valence-electron chi connectivity index (χ4n) is 0.989. The van der Waals surface area contributed by atoms with E-state index in [1.54, 1.807) is 0 Å². The highest BCUT2D eigenvalue weighted by molar-refractivity contribution is 7.12. The molecule has 0 aromatic carbocycles. The number of hydrogen-bond acceptors (Lipinski definition) is 3. The summed E-state index contributed by atoms with van der Waals surface area (Å²) < 4.78 is 0. The van der Waals surface area contributed by atoms with Crippen molar-refractivity contribution < 1.29 is 9.90 Å². The molecular weight excluding hydrogens is 174 g/mol. The first-order valence-corrected chi connectivity index (χ1v) is 4.43. The highest BCUT2D eigenvalue weighted by Crippen LogP contribution is 2.17. The molecule has 1 aromatic rings. The van der Waals surface area contributed by atoms with Crippen LogP contribution in [0.4, 0.5) is 0 Å². The van der Waals surface area contributed by atoms with E-state index in [2.05, 4.69) is 0 Å². The Labute approximate surface area is 75.2 Å². The third-order valence-corrected chi connectivity index (χ3v) is 2.37. The first kappa shape index (κ1) is 9.22. The van der Waals surface area contributed by atoms with Gasteiger partial charge in [0.2, 0.25) is 0 Å². The van der Waals surface area contributed by atoms with E-state index in [9.17, 15) is 4.79 Å². The van der Waals surface area contributed by atoms with E-state index >= 15 is 0 Å². The summed E-state index contributed by atoms with van der Waals surface area (Å²) in [4.78, 5) is 13.1. The van der Waals surface area contributed by atoms with E-state index in [-0.39, 0.29) is 0 Å². The molecule has 1 heterocycles. The SMILES string of the molecule is CN(C)Cc1ccsc1C(=O)O. The lowest BCUT2D eigenvalue weighted by Crippen LogP contribution is -2.12. The summed E-state index contributed by atoms with van der Waals surface area (Å²) in [7, 11) is 3.84. The Kier molecular flexibility index (Phi) is 2.83. The molecule has 0 bridgehead atoms. The van der Waals surface area contributed by atoms with Gasteiger partial charge < -0.3 is 10.0 Å². The smallest absolute Gasteiger partial charge is 0.346 e. The van der Waals surface area contributed by atoms with Crippen molar-refractivity contribution in [3.63, 3.8) is 0 Å². The Morgan fingerprint density at radius 3 is 2.83 bits per heavy atom. The van der Waals surface area contributed by atoms with Crippen molar-refractivity contribution in [2.45, 2.75) is 6.54 Å². The van der Waals surface area contributed by atoms with E-state index in [1.807, 2.05) is 30.4 Å². The number of carboxylic acids is 1. The molecule has 0 saturated heterocycles. The lowest BCUT2D eigenvalue weighted by Gasteiger charge is -2.07. The van der Waals surface area contributed by atoms with E-state index in [1.165, 1.54) is 11.3 Å². The average molecular weight is 185 g/mol. The van der Waals surface area contributed by atoms with Crippen molar-refractivity contribution in [3.8, 4) is 0 Å². The average Bonchev–Trinajstić information content (AvgIpc) is 2.33. The maximum atomic E-state index is 10.7. The molecule has 0 spiro atoms. The van der Waals surface area contributed by atoms with Gasteiger partial charge in [0.1, 0.15) is 4.88 Å². The van der Waals surface area contributed by atoms with Crippen LogP contribution in [0.25, 0.3) is 0 Å². The number of hydrogen-bond donors (Lipinski definition) is 1. The van der Waals surface area contributed by atoms with E-state index in [4.69, 9.17) is 5.11 Å². The zero-order valence-electron chi connectivity index (χ0n) is 7.07. The van der Waals surface area contributed by atoms with Gasteiger partial charge in [-0.1, -0.05) is 0 Å². The fraction of sp³-hybridized carbons (Fsp3) is 0.375. The lowest BCUT2D eigenvalue weighted by atomic mass is 10.2. The van der Waals surface area contributed by atoms with Crippen LogP contribution in [0.1, 0.15) is 15.2 Å². The lowest BCUT2D eigenvalue weighted by molar-refractivity contribution is 0.0700. The van der Waals surface area contributed by atoms with Crippen LogP contribution >= 0.6 is 11.3 Å². The second-order valence-corrected chi connectivity index (χ2v) is 3.73. The van der Waals surface area contributed by atoms with Gasteiger partial charge in [-0.2, -0.15) is 0 Å². The zero-order valence-corrected chi connectivity index (χ0v) is 7.89. The van der Waals surface area contributed by atoms with Gasteiger partial charge in [0.25, 0.3) is 0 Å². The maximum Gasteiger partial charge on any atom is 0.346 e. The third-order valence-electron chi connectivity index (χ3n) is 1.43. The molecule has 4 heteroatoms. The van der Waals surface area contributed by atoms with E-state index < -0.39 is 5.97 Å². The number of nitrogens with zero attached hydrogens (tertiary/aromatic N) is 1. The second-order valence-electron chi connectivity index (χ2n) is 2.82. The Bertz CT molecular complexity index is 280. The summed E-state index contributed by atoms with van der Waals surface area (Å²) in [5, 5.41) is 10.6. The molecule has 0 fully saturated rings. The van der Waals surface area contributed by atoms with Crippen LogP contribution in [0.2, 0.25) is 0 Å². The first-order chi connectivity index (χ1) is 5.61. The fourth-order valence-corrected chi connectivity index (χ4v) is 1.74. The van der Waals surface area contributed by atoms with Gasteiger partial charge in [0.05, 0.1) is 0 Å². The van der Waals surface area contributed by atoms with Gasteiger partial charge in [-0.3, -0.25) is 0 Å².